The molecule has 0 saturated carbocycles. The van der Waals surface area contributed by atoms with Gasteiger partial charge in [0.25, 0.3) is 0 Å². The second-order valence-electron chi connectivity index (χ2n) is 8.30. The Kier molecular flexibility index (Phi) is 6.11. The first-order valence-corrected chi connectivity index (χ1v) is 13.4. The summed E-state index contributed by atoms with van der Waals surface area (Å²) in [5, 5.41) is 9.36. The van der Waals surface area contributed by atoms with Gasteiger partial charge in [-0.25, -0.2) is 14.6 Å². The standard InChI is InChI=1S/C17H26ClN5O4Si/c1-28(2,3)8-7-27-11-22-13-9-19-15(18)20-14(13)23(16(22)24)12-5-4-6-21(10-12)17(25)26/h9,12H,4-8,10-11H2,1-3H3,(H,25,26)/t12-/m1/s1. The van der Waals surface area contributed by atoms with E-state index in [0.29, 0.717) is 37.2 Å². The minimum atomic E-state index is -1.23. The van der Waals surface area contributed by atoms with E-state index in [-0.39, 0.29) is 30.3 Å². The summed E-state index contributed by atoms with van der Waals surface area (Å²) in [6.45, 7) is 8.19. The highest BCUT2D eigenvalue weighted by molar-refractivity contribution is 6.76. The average molecular weight is 428 g/mol. The van der Waals surface area contributed by atoms with Crippen molar-refractivity contribution in [1.82, 2.24) is 24.0 Å². The summed E-state index contributed by atoms with van der Waals surface area (Å²) in [5.41, 5.74) is 0.669. The molecule has 154 valence electrons. The lowest BCUT2D eigenvalue weighted by molar-refractivity contribution is 0.0859. The lowest BCUT2D eigenvalue weighted by Gasteiger charge is -2.31. The van der Waals surface area contributed by atoms with Crippen LogP contribution in [0.15, 0.2) is 11.0 Å². The number of hydrogen-bond acceptors (Lipinski definition) is 5. The van der Waals surface area contributed by atoms with E-state index in [2.05, 4.69) is 29.6 Å². The maximum atomic E-state index is 13.1. The number of ether oxygens (including phenoxy) is 1. The van der Waals surface area contributed by atoms with Crippen molar-refractivity contribution in [2.75, 3.05) is 19.7 Å². The Balaban J connectivity index is 1.92. The van der Waals surface area contributed by atoms with Crippen LogP contribution >= 0.6 is 11.6 Å². The van der Waals surface area contributed by atoms with E-state index in [4.69, 9.17) is 16.3 Å². The fraction of sp³-hybridized carbons (Fsp3) is 0.647. The molecule has 0 spiro atoms. The van der Waals surface area contributed by atoms with Crippen LogP contribution in [0.4, 0.5) is 4.79 Å². The fourth-order valence-corrected chi connectivity index (χ4v) is 4.25. The molecule has 2 aromatic rings. The molecule has 28 heavy (non-hydrogen) atoms. The van der Waals surface area contributed by atoms with Gasteiger partial charge < -0.3 is 14.7 Å². The number of hydrogen-bond donors (Lipinski definition) is 1. The zero-order chi connectivity index (χ0) is 20.5. The first-order chi connectivity index (χ1) is 13.2. The van der Waals surface area contributed by atoms with Crippen molar-refractivity contribution in [2.45, 2.75) is 51.3 Å². The van der Waals surface area contributed by atoms with Gasteiger partial charge in [0.05, 0.1) is 12.2 Å². The third-order valence-corrected chi connectivity index (χ3v) is 6.81. The van der Waals surface area contributed by atoms with Crippen molar-refractivity contribution in [2.24, 2.45) is 0 Å². The summed E-state index contributed by atoms with van der Waals surface area (Å²) in [6, 6.07) is 0.702. The Bertz CT molecular complexity index is 923. The molecule has 1 saturated heterocycles. The number of piperidine rings is 1. The summed E-state index contributed by atoms with van der Waals surface area (Å²) in [6.07, 6.45) is 1.91. The zero-order valence-electron chi connectivity index (χ0n) is 16.4. The first kappa shape index (κ1) is 20.8. The first-order valence-electron chi connectivity index (χ1n) is 9.36. The highest BCUT2D eigenvalue weighted by Crippen LogP contribution is 2.24. The van der Waals surface area contributed by atoms with Crippen LogP contribution in [-0.2, 0) is 11.5 Å². The Morgan fingerprint density at radius 3 is 2.86 bits per heavy atom. The van der Waals surface area contributed by atoms with E-state index < -0.39 is 14.2 Å². The van der Waals surface area contributed by atoms with Crippen LogP contribution in [-0.4, -0.2) is 63.0 Å². The second kappa shape index (κ2) is 8.22. The number of aromatic nitrogens is 4. The number of rotatable bonds is 6. The number of nitrogens with zero attached hydrogens (tertiary/aromatic N) is 5. The molecular formula is C17H26ClN5O4Si. The van der Waals surface area contributed by atoms with Gasteiger partial charge in [-0.15, -0.1) is 0 Å². The number of fused-ring (bicyclic) bond motifs is 1. The van der Waals surface area contributed by atoms with Crippen LogP contribution in [0.25, 0.3) is 11.2 Å². The summed E-state index contributed by atoms with van der Waals surface area (Å²) in [5.74, 6) is 0. The second-order valence-corrected chi connectivity index (χ2v) is 14.3. The van der Waals surface area contributed by atoms with Gasteiger partial charge in [0.2, 0.25) is 5.28 Å². The Morgan fingerprint density at radius 1 is 1.43 bits per heavy atom. The number of imidazole rings is 1. The molecular weight excluding hydrogens is 402 g/mol. The fourth-order valence-electron chi connectivity index (χ4n) is 3.36. The van der Waals surface area contributed by atoms with E-state index in [1.807, 2.05) is 0 Å². The van der Waals surface area contributed by atoms with Crippen LogP contribution in [0, 0.1) is 0 Å². The van der Waals surface area contributed by atoms with Crippen molar-refractivity contribution in [3.05, 3.63) is 22.0 Å². The SMILES string of the molecule is C[Si](C)(C)CCOCn1c(=O)n([C@@H]2CCCN(C(=O)O)C2)c2nc(Cl)ncc21. The van der Waals surface area contributed by atoms with Crippen molar-refractivity contribution >= 4 is 36.9 Å². The number of halogens is 1. The van der Waals surface area contributed by atoms with Gasteiger partial charge in [-0.2, -0.15) is 4.98 Å². The molecule has 3 rings (SSSR count). The lowest BCUT2D eigenvalue weighted by atomic mass is 10.1. The molecule has 2 aromatic heterocycles. The number of carboxylic acid groups (broad SMARTS) is 1. The van der Waals surface area contributed by atoms with Crippen LogP contribution in [0.3, 0.4) is 0 Å². The topological polar surface area (TPSA) is 102 Å². The van der Waals surface area contributed by atoms with Gasteiger partial charge >= 0.3 is 11.8 Å². The molecule has 0 unspecified atom stereocenters. The molecule has 0 radical (unpaired) electrons. The van der Waals surface area contributed by atoms with Crippen molar-refractivity contribution in [1.29, 1.82) is 0 Å². The highest BCUT2D eigenvalue weighted by Gasteiger charge is 2.29. The van der Waals surface area contributed by atoms with Gasteiger partial charge in [-0.3, -0.25) is 9.13 Å². The summed E-state index contributed by atoms with van der Waals surface area (Å²) < 4.78 is 8.80. The molecule has 3 heterocycles. The van der Waals surface area contributed by atoms with Crippen LogP contribution in [0.2, 0.25) is 31.0 Å². The van der Waals surface area contributed by atoms with E-state index in [9.17, 15) is 14.7 Å². The number of likely N-dealkylation sites (tertiary alicyclic amines) is 1. The predicted molar refractivity (Wildman–Crippen MR) is 109 cm³/mol. The van der Waals surface area contributed by atoms with E-state index in [1.54, 1.807) is 4.57 Å². The number of amides is 1. The molecule has 11 heteroatoms. The van der Waals surface area contributed by atoms with Gasteiger partial charge in [-0.05, 0) is 30.5 Å². The minimum Gasteiger partial charge on any atom is -0.465 e. The molecule has 1 fully saturated rings. The van der Waals surface area contributed by atoms with Gasteiger partial charge in [0, 0.05) is 27.8 Å². The highest BCUT2D eigenvalue weighted by atomic mass is 35.5. The van der Waals surface area contributed by atoms with Gasteiger partial charge in [0.15, 0.2) is 5.65 Å². The smallest absolute Gasteiger partial charge is 0.407 e. The molecule has 1 amide bonds. The minimum absolute atomic E-state index is 0.0453. The van der Waals surface area contributed by atoms with E-state index in [0.717, 1.165) is 6.04 Å². The van der Waals surface area contributed by atoms with Crippen molar-refractivity contribution in [3.8, 4) is 0 Å². The lowest BCUT2D eigenvalue weighted by Crippen LogP contribution is -2.42. The van der Waals surface area contributed by atoms with Crippen LogP contribution in [0.1, 0.15) is 18.9 Å². The summed E-state index contributed by atoms with van der Waals surface area (Å²) in [7, 11) is -1.23. The van der Waals surface area contributed by atoms with Crippen LogP contribution < -0.4 is 5.69 Å². The Morgan fingerprint density at radius 2 is 2.18 bits per heavy atom. The van der Waals surface area contributed by atoms with Crippen molar-refractivity contribution in [3.63, 3.8) is 0 Å². The van der Waals surface area contributed by atoms with E-state index in [1.165, 1.54) is 15.7 Å². The molecule has 1 N–H and O–H groups in total. The largest absolute Gasteiger partial charge is 0.465 e. The summed E-state index contributed by atoms with van der Waals surface area (Å²) in [4.78, 5) is 34.1. The maximum absolute atomic E-state index is 13.1. The molecule has 1 aliphatic rings. The quantitative estimate of drug-likeness (QED) is 0.432. The third-order valence-electron chi connectivity index (χ3n) is 4.93. The number of carbonyl (C=O) groups is 1. The van der Waals surface area contributed by atoms with E-state index >= 15 is 0 Å². The molecule has 1 aliphatic heterocycles. The molecule has 0 aliphatic carbocycles. The van der Waals surface area contributed by atoms with Gasteiger partial charge in [0.1, 0.15) is 12.2 Å². The predicted octanol–water partition coefficient (Wildman–Crippen LogP) is 2.87. The molecule has 9 nitrogen and oxygen atoms in total. The monoisotopic (exact) mass is 427 g/mol. The molecule has 1 atom stereocenters. The Hall–Kier alpha value is -1.91. The third kappa shape index (κ3) is 4.56. The zero-order valence-corrected chi connectivity index (χ0v) is 18.1. The van der Waals surface area contributed by atoms with Crippen LogP contribution in [0.5, 0.6) is 0 Å². The molecule has 0 bridgehead atoms. The maximum Gasteiger partial charge on any atom is 0.407 e. The Labute approximate surface area is 168 Å². The summed E-state index contributed by atoms with van der Waals surface area (Å²) >= 11 is 5.97. The van der Waals surface area contributed by atoms with Crippen molar-refractivity contribution < 1.29 is 14.6 Å². The normalized spacial score (nSPS) is 18.0. The molecule has 0 aromatic carbocycles. The average Bonchev–Trinajstić information content (AvgIpc) is 2.88. The van der Waals surface area contributed by atoms with Gasteiger partial charge in [-0.1, -0.05) is 19.6 Å².